The second-order valence-corrected chi connectivity index (χ2v) is 8.59. The molecule has 0 aliphatic carbocycles. The Labute approximate surface area is 197 Å². The Morgan fingerprint density at radius 1 is 0.909 bits per heavy atom. The van der Waals surface area contributed by atoms with E-state index in [9.17, 15) is 4.79 Å². The second-order valence-electron chi connectivity index (χ2n) is 7.66. The highest BCUT2D eigenvalue weighted by atomic mass is 32.2. The molecular formula is C26H25N3O3S. The first kappa shape index (κ1) is 22.6. The van der Waals surface area contributed by atoms with Crippen molar-refractivity contribution in [1.82, 2.24) is 10.2 Å². The average molecular weight is 460 g/mol. The predicted octanol–water partition coefficient (Wildman–Crippen LogP) is 6.23. The van der Waals surface area contributed by atoms with Crippen LogP contribution in [-0.4, -0.2) is 21.9 Å². The zero-order valence-electron chi connectivity index (χ0n) is 18.5. The molecule has 0 aliphatic heterocycles. The molecule has 168 valence electrons. The molecule has 4 aromatic rings. The molecule has 3 aromatic carbocycles. The van der Waals surface area contributed by atoms with E-state index in [0.717, 1.165) is 17.1 Å². The number of carbonyl (C=O) groups excluding carboxylic acids is 1. The minimum absolute atomic E-state index is 0.0846. The van der Waals surface area contributed by atoms with Crippen LogP contribution in [0.4, 0.5) is 11.4 Å². The molecule has 33 heavy (non-hydrogen) atoms. The van der Waals surface area contributed by atoms with Crippen LogP contribution in [0.15, 0.2) is 94.6 Å². The van der Waals surface area contributed by atoms with E-state index in [4.69, 9.17) is 9.15 Å². The van der Waals surface area contributed by atoms with Gasteiger partial charge in [0.05, 0.1) is 5.75 Å². The van der Waals surface area contributed by atoms with Gasteiger partial charge in [-0.3, -0.25) is 9.69 Å². The number of hydrogen-bond acceptors (Lipinski definition) is 6. The van der Waals surface area contributed by atoms with E-state index in [1.807, 2.05) is 84.9 Å². The smallest absolute Gasteiger partial charge is 0.277 e. The Hall–Kier alpha value is -3.58. The van der Waals surface area contributed by atoms with Crippen LogP contribution in [-0.2, 0) is 11.4 Å². The molecule has 1 heterocycles. The Morgan fingerprint density at radius 2 is 1.52 bits per heavy atom. The van der Waals surface area contributed by atoms with Gasteiger partial charge in [0.2, 0.25) is 5.91 Å². The minimum Gasteiger partial charge on any atom is -0.484 e. The molecule has 7 heteroatoms. The van der Waals surface area contributed by atoms with Crippen LogP contribution in [0, 0.1) is 0 Å². The van der Waals surface area contributed by atoms with E-state index in [2.05, 4.69) is 24.0 Å². The summed E-state index contributed by atoms with van der Waals surface area (Å²) in [6, 6.07) is 27.1. The van der Waals surface area contributed by atoms with Crippen LogP contribution in [0.25, 0.3) is 0 Å². The third-order valence-electron chi connectivity index (χ3n) is 4.95. The maximum absolute atomic E-state index is 13.1. The van der Waals surface area contributed by atoms with Gasteiger partial charge in [-0.2, -0.15) is 0 Å². The first-order valence-electron chi connectivity index (χ1n) is 10.7. The van der Waals surface area contributed by atoms with E-state index in [-0.39, 0.29) is 18.3 Å². The number of benzene rings is 3. The first-order valence-corrected chi connectivity index (χ1v) is 11.7. The number of hydrogen-bond donors (Lipinski definition) is 0. The Bertz CT molecular complexity index is 1120. The Kier molecular flexibility index (Phi) is 7.42. The fourth-order valence-electron chi connectivity index (χ4n) is 3.23. The van der Waals surface area contributed by atoms with Crippen molar-refractivity contribution >= 4 is 29.0 Å². The molecule has 0 bridgehead atoms. The summed E-state index contributed by atoms with van der Waals surface area (Å²) in [5, 5.41) is 8.40. The van der Waals surface area contributed by atoms with E-state index in [1.165, 1.54) is 17.3 Å². The summed E-state index contributed by atoms with van der Waals surface area (Å²) in [6.07, 6.45) is 0. The van der Waals surface area contributed by atoms with Gasteiger partial charge >= 0.3 is 0 Å². The van der Waals surface area contributed by atoms with Crippen LogP contribution in [0.2, 0.25) is 0 Å². The van der Waals surface area contributed by atoms with Crippen molar-refractivity contribution < 1.29 is 13.9 Å². The standard InChI is InChI=1S/C26H25N3O3S/c1-19(2)20-13-15-23(16-14-20)31-17-24-27-28-26(32-24)33-18-25(30)29(21-9-5-3-6-10-21)22-11-7-4-8-12-22/h3-16,19H,17-18H2,1-2H3. The number of nitrogens with zero attached hydrogens (tertiary/aromatic N) is 3. The van der Waals surface area contributed by atoms with Crippen LogP contribution in [0.1, 0.15) is 31.2 Å². The van der Waals surface area contributed by atoms with E-state index >= 15 is 0 Å². The zero-order chi connectivity index (χ0) is 23.0. The molecular weight excluding hydrogens is 434 g/mol. The van der Waals surface area contributed by atoms with Crippen molar-refractivity contribution in [3.8, 4) is 5.75 Å². The molecule has 4 rings (SSSR count). The predicted molar refractivity (Wildman–Crippen MR) is 130 cm³/mol. The summed E-state index contributed by atoms with van der Waals surface area (Å²) >= 11 is 1.21. The molecule has 0 N–H and O–H groups in total. The van der Waals surface area contributed by atoms with Crippen molar-refractivity contribution in [2.24, 2.45) is 0 Å². The summed E-state index contributed by atoms with van der Waals surface area (Å²) in [5.74, 6) is 1.64. The van der Waals surface area contributed by atoms with E-state index < -0.39 is 0 Å². The monoisotopic (exact) mass is 459 g/mol. The van der Waals surface area contributed by atoms with Gasteiger partial charge in [-0.1, -0.05) is 74.1 Å². The highest BCUT2D eigenvalue weighted by Crippen LogP contribution is 2.27. The van der Waals surface area contributed by atoms with Gasteiger partial charge in [-0.25, -0.2) is 0 Å². The number of amides is 1. The number of rotatable bonds is 9. The van der Waals surface area contributed by atoms with Crippen molar-refractivity contribution in [2.75, 3.05) is 10.7 Å². The molecule has 0 saturated carbocycles. The maximum atomic E-state index is 13.1. The van der Waals surface area contributed by atoms with Crippen molar-refractivity contribution in [1.29, 1.82) is 0 Å². The number of ether oxygens (including phenoxy) is 1. The van der Waals surface area contributed by atoms with Crippen LogP contribution >= 0.6 is 11.8 Å². The second kappa shape index (κ2) is 10.8. The lowest BCUT2D eigenvalue weighted by atomic mass is 10.0. The van der Waals surface area contributed by atoms with E-state index in [1.54, 1.807) is 4.90 Å². The van der Waals surface area contributed by atoms with Gasteiger partial charge in [0, 0.05) is 11.4 Å². The molecule has 0 spiro atoms. The van der Waals surface area contributed by atoms with Gasteiger partial charge in [-0.05, 0) is 47.9 Å². The van der Waals surface area contributed by atoms with Gasteiger partial charge in [-0.15, -0.1) is 10.2 Å². The third-order valence-corrected chi connectivity index (χ3v) is 5.76. The average Bonchev–Trinajstić information content (AvgIpc) is 3.31. The lowest BCUT2D eigenvalue weighted by Crippen LogP contribution is -2.27. The minimum atomic E-state index is -0.0846. The fraction of sp³-hybridized carbons (Fsp3) is 0.192. The summed E-state index contributed by atoms with van der Waals surface area (Å²) in [4.78, 5) is 14.8. The lowest BCUT2D eigenvalue weighted by molar-refractivity contribution is -0.115. The molecule has 0 atom stereocenters. The fourth-order valence-corrected chi connectivity index (χ4v) is 3.86. The van der Waals surface area contributed by atoms with Gasteiger partial charge in [0.25, 0.3) is 11.1 Å². The van der Waals surface area contributed by atoms with Gasteiger partial charge < -0.3 is 9.15 Å². The number of para-hydroxylation sites is 2. The van der Waals surface area contributed by atoms with Gasteiger partial charge in [0.1, 0.15) is 5.75 Å². The summed E-state index contributed by atoms with van der Waals surface area (Å²) < 4.78 is 11.4. The lowest BCUT2D eigenvalue weighted by Gasteiger charge is -2.22. The normalized spacial score (nSPS) is 10.9. The Balaban J connectivity index is 1.36. The highest BCUT2D eigenvalue weighted by Gasteiger charge is 2.19. The zero-order valence-corrected chi connectivity index (χ0v) is 19.4. The topological polar surface area (TPSA) is 68.5 Å². The molecule has 0 radical (unpaired) electrons. The summed E-state index contributed by atoms with van der Waals surface area (Å²) in [5.41, 5.74) is 2.86. The largest absolute Gasteiger partial charge is 0.484 e. The van der Waals surface area contributed by atoms with Crippen molar-refractivity contribution in [3.05, 3.63) is 96.4 Å². The number of carbonyl (C=O) groups is 1. The number of thioether (sulfide) groups is 1. The quantitative estimate of drug-likeness (QED) is 0.276. The van der Waals surface area contributed by atoms with Crippen LogP contribution in [0.3, 0.4) is 0 Å². The van der Waals surface area contributed by atoms with E-state index in [0.29, 0.717) is 17.0 Å². The molecule has 0 fully saturated rings. The molecule has 0 saturated heterocycles. The summed E-state index contributed by atoms with van der Waals surface area (Å²) in [6.45, 7) is 4.47. The molecule has 0 unspecified atom stereocenters. The number of anilines is 2. The maximum Gasteiger partial charge on any atom is 0.277 e. The SMILES string of the molecule is CC(C)c1ccc(OCc2nnc(SCC(=O)N(c3ccccc3)c3ccccc3)o2)cc1. The van der Waals surface area contributed by atoms with Crippen molar-refractivity contribution in [2.45, 2.75) is 31.6 Å². The third kappa shape index (κ3) is 6.02. The number of aromatic nitrogens is 2. The molecule has 6 nitrogen and oxygen atoms in total. The van der Waals surface area contributed by atoms with Crippen molar-refractivity contribution in [3.63, 3.8) is 0 Å². The summed E-state index contributed by atoms with van der Waals surface area (Å²) in [7, 11) is 0. The Morgan fingerprint density at radius 3 is 2.09 bits per heavy atom. The van der Waals surface area contributed by atoms with Crippen LogP contribution in [0.5, 0.6) is 5.75 Å². The first-order chi connectivity index (χ1) is 16.1. The molecule has 1 aromatic heterocycles. The van der Waals surface area contributed by atoms with Gasteiger partial charge in [0.15, 0.2) is 6.61 Å². The molecule has 1 amide bonds. The highest BCUT2D eigenvalue weighted by molar-refractivity contribution is 7.99. The van der Waals surface area contributed by atoms with Crippen LogP contribution < -0.4 is 9.64 Å². The molecule has 0 aliphatic rings.